The molecule has 0 atom stereocenters. The quantitative estimate of drug-likeness (QED) is 0.717. The standard InChI is InChI=1S/C17H20N6O/c1-12-21-16(14-10-20-23(2)17(14)22-12)19-11-15(24)18-9-8-13-6-4-3-5-7-13/h3-7,10H,8-9,11H2,1-2H3,(H,18,24)(H,19,21,22). The van der Waals surface area contributed by atoms with Crippen LogP contribution in [0.2, 0.25) is 0 Å². The van der Waals surface area contributed by atoms with E-state index in [2.05, 4.69) is 25.7 Å². The van der Waals surface area contributed by atoms with E-state index in [0.717, 1.165) is 17.5 Å². The maximum atomic E-state index is 12.0. The minimum atomic E-state index is -0.0702. The van der Waals surface area contributed by atoms with Crippen molar-refractivity contribution < 1.29 is 4.79 Å². The number of amides is 1. The second kappa shape index (κ2) is 7.08. The summed E-state index contributed by atoms with van der Waals surface area (Å²) in [6, 6.07) is 10.1. The molecule has 2 N–H and O–H groups in total. The van der Waals surface area contributed by atoms with Gasteiger partial charge in [0.15, 0.2) is 5.65 Å². The lowest BCUT2D eigenvalue weighted by Crippen LogP contribution is -2.31. The van der Waals surface area contributed by atoms with Crippen molar-refractivity contribution in [3.63, 3.8) is 0 Å². The number of rotatable bonds is 6. The van der Waals surface area contributed by atoms with Gasteiger partial charge in [-0.25, -0.2) is 9.97 Å². The first-order chi connectivity index (χ1) is 11.6. The number of hydrogen-bond acceptors (Lipinski definition) is 5. The number of carbonyl (C=O) groups is 1. The van der Waals surface area contributed by atoms with E-state index in [-0.39, 0.29) is 12.5 Å². The molecule has 0 unspecified atom stereocenters. The maximum absolute atomic E-state index is 12.0. The Kier molecular flexibility index (Phi) is 4.69. The van der Waals surface area contributed by atoms with Crippen LogP contribution in [0.25, 0.3) is 11.0 Å². The second-order valence-corrected chi connectivity index (χ2v) is 5.56. The van der Waals surface area contributed by atoms with Crippen LogP contribution >= 0.6 is 0 Å². The largest absolute Gasteiger partial charge is 0.360 e. The monoisotopic (exact) mass is 324 g/mol. The van der Waals surface area contributed by atoms with E-state index in [4.69, 9.17) is 0 Å². The van der Waals surface area contributed by atoms with Gasteiger partial charge in [-0.05, 0) is 18.9 Å². The highest BCUT2D eigenvalue weighted by atomic mass is 16.1. The van der Waals surface area contributed by atoms with E-state index >= 15 is 0 Å². The first kappa shape index (κ1) is 15.9. The van der Waals surface area contributed by atoms with Gasteiger partial charge in [0.2, 0.25) is 5.91 Å². The molecular weight excluding hydrogens is 304 g/mol. The zero-order valence-electron chi connectivity index (χ0n) is 13.8. The third kappa shape index (κ3) is 3.68. The summed E-state index contributed by atoms with van der Waals surface area (Å²) in [5.74, 6) is 1.20. The zero-order chi connectivity index (χ0) is 16.9. The van der Waals surface area contributed by atoms with Crippen molar-refractivity contribution in [3.05, 3.63) is 47.9 Å². The molecule has 0 aliphatic rings. The third-order valence-corrected chi connectivity index (χ3v) is 3.70. The molecule has 124 valence electrons. The van der Waals surface area contributed by atoms with Crippen LogP contribution in [0.1, 0.15) is 11.4 Å². The highest BCUT2D eigenvalue weighted by molar-refractivity contribution is 5.89. The molecule has 3 aromatic rings. The molecule has 1 amide bonds. The van der Waals surface area contributed by atoms with E-state index < -0.39 is 0 Å². The van der Waals surface area contributed by atoms with Gasteiger partial charge in [0, 0.05) is 13.6 Å². The SMILES string of the molecule is Cc1nc(NCC(=O)NCCc2ccccc2)c2cnn(C)c2n1. The Morgan fingerprint density at radius 2 is 2.00 bits per heavy atom. The Hall–Kier alpha value is -2.96. The number of hydrogen-bond donors (Lipinski definition) is 2. The topological polar surface area (TPSA) is 84.7 Å². The van der Waals surface area contributed by atoms with E-state index in [1.54, 1.807) is 10.9 Å². The summed E-state index contributed by atoms with van der Waals surface area (Å²) in [7, 11) is 1.83. The third-order valence-electron chi connectivity index (χ3n) is 3.70. The molecule has 0 aliphatic heterocycles. The number of aryl methyl sites for hydroxylation is 2. The van der Waals surface area contributed by atoms with Gasteiger partial charge in [-0.2, -0.15) is 5.10 Å². The van der Waals surface area contributed by atoms with Gasteiger partial charge >= 0.3 is 0 Å². The molecule has 0 radical (unpaired) electrons. The van der Waals surface area contributed by atoms with E-state index in [9.17, 15) is 4.79 Å². The minimum absolute atomic E-state index is 0.0702. The molecule has 7 heteroatoms. The van der Waals surface area contributed by atoms with Crippen LogP contribution in [0.3, 0.4) is 0 Å². The Morgan fingerprint density at radius 1 is 1.21 bits per heavy atom. The maximum Gasteiger partial charge on any atom is 0.239 e. The van der Waals surface area contributed by atoms with Crippen molar-refractivity contribution in [2.24, 2.45) is 7.05 Å². The Balaban J connectivity index is 1.55. The van der Waals surface area contributed by atoms with Gasteiger partial charge in [0.1, 0.15) is 11.6 Å². The average molecular weight is 324 g/mol. The number of fused-ring (bicyclic) bond motifs is 1. The zero-order valence-corrected chi connectivity index (χ0v) is 13.8. The fourth-order valence-corrected chi connectivity index (χ4v) is 2.48. The number of carbonyl (C=O) groups excluding carboxylic acids is 1. The van der Waals surface area contributed by atoms with Crippen LogP contribution in [0.4, 0.5) is 5.82 Å². The smallest absolute Gasteiger partial charge is 0.239 e. The summed E-state index contributed by atoms with van der Waals surface area (Å²) in [6.45, 7) is 2.59. The van der Waals surface area contributed by atoms with Crippen molar-refractivity contribution in [1.29, 1.82) is 0 Å². The van der Waals surface area contributed by atoms with Crippen molar-refractivity contribution in [1.82, 2.24) is 25.1 Å². The highest BCUT2D eigenvalue weighted by Gasteiger charge is 2.10. The van der Waals surface area contributed by atoms with Crippen LogP contribution in [0, 0.1) is 6.92 Å². The van der Waals surface area contributed by atoms with E-state index in [1.165, 1.54) is 5.56 Å². The van der Waals surface area contributed by atoms with Gasteiger partial charge in [-0.15, -0.1) is 0 Å². The number of aromatic nitrogens is 4. The number of anilines is 1. The Morgan fingerprint density at radius 3 is 2.79 bits per heavy atom. The van der Waals surface area contributed by atoms with Crippen LogP contribution < -0.4 is 10.6 Å². The van der Waals surface area contributed by atoms with Gasteiger partial charge in [-0.1, -0.05) is 30.3 Å². The molecule has 7 nitrogen and oxygen atoms in total. The average Bonchev–Trinajstić information content (AvgIpc) is 2.95. The fraction of sp³-hybridized carbons (Fsp3) is 0.294. The molecule has 0 spiro atoms. The number of nitrogens with zero attached hydrogens (tertiary/aromatic N) is 4. The van der Waals surface area contributed by atoms with Gasteiger partial charge in [0.25, 0.3) is 0 Å². The number of benzene rings is 1. The molecule has 3 rings (SSSR count). The van der Waals surface area contributed by atoms with Gasteiger partial charge in [-0.3, -0.25) is 9.48 Å². The molecule has 0 bridgehead atoms. The lowest BCUT2D eigenvalue weighted by atomic mass is 10.1. The van der Waals surface area contributed by atoms with Crippen LogP contribution in [0.15, 0.2) is 36.5 Å². The van der Waals surface area contributed by atoms with Crippen molar-refractivity contribution >= 4 is 22.8 Å². The molecule has 1 aromatic carbocycles. The van der Waals surface area contributed by atoms with Gasteiger partial charge < -0.3 is 10.6 Å². The van der Waals surface area contributed by atoms with Crippen molar-refractivity contribution in [3.8, 4) is 0 Å². The number of nitrogens with one attached hydrogen (secondary N) is 2. The Labute approximate surface area is 140 Å². The van der Waals surface area contributed by atoms with Crippen molar-refractivity contribution in [2.75, 3.05) is 18.4 Å². The first-order valence-corrected chi connectivity index (χ1v) is 7.84. The van der Waals surface area contributed by atoms with Crippen LogP contribution in [-0.2, 0) is 18.3 Å². The molecule has 0 fully saturated rings. The summed E-state index contributed by atoms with van der Waals surface area (Å²) in [4.78, 5) is 20.7. The predicted octanol–water partition coefficient (Wildman–Crippen LogP) is 1.44. The summed E-state index contributed by atoms with van der Waals surface area (Å²) in [5, 5.41) is 11.0. The summed E-state index contributed by atoms with van der Waals surface area (Å²) < 4.78 is 1.69. The lowest BCUT2D eigenvalue weighted by Gasteiger charge is -2.09. The minimum Gasteiger partial charge on any atom is -0.360 e. The van der Waals surface area contributed by atoms with Gasteiger partial charge in [0.05, 0.1) is 18.1 Å². The predicted molar refractivity (Wildman–Crippen MR) is 92.7 cm³/mol. The Bertz CT molecular complexity index is 843. The molecular formula is C17H20N6O. The van der Waals surface area contributed by atoms with Crippen molar-refractivity contribution in [2.45, 2.75) is 13.3 Å². The van der Waals surface area contributed by atoms with Crippen LogP contribution in [-0.4, -0.2) is 38.7 Å². The summed E-state index contributed by atoms with van der Waals surface area (Å²) in [5.41, 5.74) is 1.95. The molecule has 2 aromatic heterocycles. The van der Waals surface area contributed by atoms with E-state index in [1.807, 2.05) is 44.3 Å². The fourth-order valence-electron chi connectivity index (χ4n) is 2.48. The summed E-state index contributed by atoms with van der Waals surface area (Å²) >= 11 is 0. The molecule has 2 heterocycles. The van der Waals surface area contributed by atoms with E-state index in [0.29, 0.717) is 18.2 Å². The summed E-state index contributed by atoms with van der Waals surface area (Å²) in [6.07, 6.45) is 2.51. The molecule has 0 aliphatic carbocycles. The first-order valence-electron chi connectivity index (χ1n) is 7.84. The molecule has 24 heavy (non-hydrogen) atoms. The molecule has 0 saturated heterocycles. The van der Waals surface area contributed by atoms with Crippen LogP contribution in [0.5, 0.6) is 0 Å². The molecule has 0 saturated carbocycles. The normalized spacial score (nSPS) is 10.8. The highest BCUT2D eigenvalue weighted by Crippen LogP contribution is 2.18. The second-order valence-electron chi connectivity index (χ2n) is 5.56. The lowest BCUT2D eigenvalue weighted by molar-refractivity contribution is -0.119.